The lowest BCUT2D eigenvalue weighted by atomic mass is 10.1. The number of ether oxygens (including phenoxy) is 2. The average Bonchev–Trinajstić information content (AvgIpc) is 2.87. The SMILES string of the molecule is O=C(C=Cc1ccc(O)cc1OCc1ccccc1)c1ccc(O)cc1OCc1ccccc1. The van der Waals surface area contributed by atoms with E-state index in [4.69, 9.17) is 9.47 Å². The summed E-state index contributed by atoms with van der Waals surface area (Å²) in [7, 11) is 0. The van der Waals surface area contributed by atoms with Crippen LogP contribution in [0.1, 0.15) is 27.0 Å². The van der Waals surface area contributed by atoms with E-state index >= 15 is 0 Å². The summed E-state index contributed by atoms with van der Waals surface area (Å²) >= 11 is 0. The van der Waals surface area contributed by atoms with Crippen molar-refractivity contribution >= 4 is 11.9 Å². The average molecular weight is 453 g/mol. The molecular weight excluding hydrogens is 428 g/mol. The highest BCUT2D eigenvalue weighted by atomic mass is 16.5. The molecule has 4 aromatic rings. The third-order valence-corrected chi connectivity index (χ3v) is 5.12. The van der Waals surface area contributed by atoms with Gasteiger partial charge in [-0.3, -0.25) is 4.79 Å². The van der Waals surface area contributed by atoms with Crippen LogP contribution in [0, 0.1) is 0 Å². The molecule has 0 fully saturated rings. The number of phenolic OH excluding ortho intramolecular Hbond substituents is 2. The molecule has 0 aliphatic rings. The lowest BCUT2D eigenvalue weighted by Gasteiger charge is -2.11. The van der Waals surface area contributed by atoms with Gasteiger partial charge in [0.15, 0.2) is 5.78 Å². The smallest absolute Gasteiger partial charge is 0.189 e. The van der Waals surface area contributed by atoms with Crippen molar-refractivity contribution in [3.8, 4) is 23.0 Å². The van der Waals surface area contributed by atoms with Crippen LogP contribution >= 0.6 is 0 Å². The third kappa shape index (κ3) is 6.04. The fourth-order valence-corrected chi connectivity index (χ4v) is 3.35. The normalized spacial score (nSPS) is 10.8. The van der Waals surface area contributed by atoms with Gasteiger partial charge >= 0.3 is 0 Å². The van der Waals surface area contributed by atoms with Crippen molar-refractivity contribution in [2.24, 2.45) is 0 Å². The van der Waals surface area contributed by atoms with Crippen molar-refractivity contribution in [2.75, 3.05) is 0 Å². The van der Waals surface area contributed by atoms with Crippen LogP contribution in [0.2, 0.25) is 0 Å². The zero-order valence-electron chi connectivity index (χ0n) is 18.4. The summed E-state index contributed by atoms with van der Waals surface area (Å²) in [6.07, 6.45) is 3.06. The van der Waals surface area contributed by atoms with E-state index in [0.717, 1.165) is 11.1 Å². The Morgan fingerprint density at radius 2 is 1.21 bits per heavy atom. The third-order valence-electron chi connectivity index (χ3n) is 5.12. The Kier molecular flexibility index (Phi) is 7.25. The number of allylic oxidation sites excluding steroid dienone is 1. The Bertz CT molecular complexity index is 1280. The van der Waals surface area contributed by atoms with Gasteiger partial charge in [0.05, 0.1) is 5.56 Å². The van der Waals surface area contributed by atoms with Crippen LogP contribution in [0.4, 0.5) is 0 Å². The number of benzene rings is 4. The summed E-state index contributed by atoms with van der Waals surface area (Å²) in [5, 5.41) is 19.8. The molecule has 0 saturated heterocycles. The van der Waals surface area contributed by atoms with E-state index in [1.165, 1.54) is 36.4 Å². The molecule has 0 bridgehead atoms. The van der Waals surface area contributed by atoms with E-state index in [9.17, 15) is 15.0 Å². The second kappa shape index (κ2) is 10.9. The molecule has 0 spiro atoms. The van der Waals surface area contributed by atoms with Gasteiger partial charge in [-0.25, -0.2) is 0 Å². The molecule has 0 aliphatic carbocycles. The standard InChI is InChI=1S/C29H24O5/c30-24-13-11-23(28(17-24)33-19-21-7-3-1-4-8-21)12-16-27(32)26-15-14-25(31)18-29(26)34-20-22-9-5-2-6-10-22/h1-18,30-31H,19-20H2. The van der Waals surface area contributed by atoms with Crippen molar-refractivity contribution in [3.05, 3.63) is 125 Å². The topological polar surface area (TPSA) is 76.0 Å². The number of ketones is 1. The molecule has 170 valence electrons. The Hall–Kier alpha value is -4.51. The van der Waals surface area contributed by atoms with E-state index in [2.05, 4.69) is 0 Å². The Balaban J connectivity index is 1.51. The summed E-state index contributed by atoms with van der Waals surface area (Å²) in [5.74, 6) is 0.550. The minimum absolute atomic E-state index is 0.0127. The molecule has 34 heavy (non-hydrogen) atoms. The van der Waals surface area contributed by atoms with Crippen LogP contribution in [0.25, 0.3) is 6.08 Å². The van der Waals surface area contributed by atoms with Gasteiger partial charge in [0.2, 0.25) is 0 Å². The van der Waals surface area contributed by atoms with Crippen LogP contribution in [0.5, 0.6) is 23.0 Å². The predicted octanol–water partition coefficient (Wildman–Crippen LogP) is 6.15. The lowest BCUT2D eigenvalue weighted by molar-refractivity contribution is 0.104. The second-order valence-corrected chi connectivity index (χ2v) is 7.65. The maximum absolute atomic E-state index is 13.0. The van der Waals surface area contributed by atoms with Gasteiger partial charge in [-0.1, -0.05) is 60.7 Å². The first-order valence-corrected chi connectivity index (χ1v) is 10.8. The molecule has 5 nitrogen and oxygen atoms in total. The molecule has 4 rings (SSSR count). The Morgan fingerprint density at radius 1 is 0.676 bits per heavy atom. The number of hydrogen-bond acceptors (Lipinski definition) is 5. The molecule has 5 heteroatoms. The van der Waals surface area contributed by atoms with Crippen LogP contribution in [0.3, 0.4) is 0 Å². The summed E-state index contributed by atoms with van der Waals surface area (Å²) < 4.78 is 11.7. The molecule has 0 radical (unpaired) electrons. The summed E-state index contributed by atoms with van der Waals surface area (Å²) in [5.41, 5.74) is 2.91. The molecular formula is C29H24O5. The maximum Gasteiger partial charge on any atom is 0.189 e. The first kappa shape index (κ1) is 22.7. The number of aromatic hydroxyl groups is 2. The fourth-order valence-electron chi connectivity index (χ4n) is 3.35. The number of carbonyl (C=O) groups is 1. The lowest BCUT2D eigenvalue weighted by Crippen LogP contribution is -2.02. The number of hydrogen-bond donors (Lipinski definition) is 2. The monoisotopic (exact) mass is 452 g/mol. The van der Waals surface area contributed by atoms with Crippen LogP contribution in [0.15, 0.2) is 103 Å². The Morgan fingerprint density at radius 3 is 1.82 bits per heavy atom. The summed E-state index contributed by atoms with van der Waals surface area (Å²) in [4.78, 5) is 13.0. The molecule has 0 heterocycles. The molecule has 0 amide bonds. The molecule has 2 N–H and O–H groups in total. The number of phenols is 2. The van der Waals surface area contributed by atoms with Gasteiger partial charge in [0, 0.05) is 17.7 Å². The van der Waals surface area contributed by atoms with Crippen molar-refractivity contribution in [1.29, 1.82) is 0 Å². The second-order valence-electron chi connectivity index (χ2n) is 7.65. The fraction of sp³-hybridized carbons (Fsp3) is 0.0690. The number of carbonyl (C=O) groups excluding carboxylic acids is 1. The highest BCUT2D eigenvalue weighted by Crippen LogP contribution is 2.28. The quantitative estimate of drug-likeness (QED) is 0.235. The largest absolute Gasteiger partial charge is 0.508 e. The van der Waals surface area contributed by atoms with E-state index in [0.29, 0.717) is 29.2 Å². The minimum Gasteiger partial charge on any atom is -0.508 e. The van der Waals surface area contributed by atoms with E-state index in [-0.39, 0.29) is 23.9 Å². The van der Waals surface area contributed by atoms with Gasteiger partial charge in [0.1, 0.15) is 36.2 Å². The van der Waals surface area contributed by atoms with E-state index < -0.39 is 0 Å². The van der Waals surface area contributed by atoms with Crippen LogP contribution < -0.4 is 9.47 Å². The van der Waals surface area contributed by atoms with Crippen molar-refractivity contribution in [2.45, 2.75) is 13.2 Å². The van der Waals surface area contributed by atoms with Crippen molar-refractivity contribution in [3.63, 3.8) is 0 Å². The van der Waals surface area contributed by atoms with Gasteiger partial charge < -0.3 is 19.7 Å². The zero-order valence-corrected chi connectivity index (χ0v) is 18.4. The molecule has 0 atom stereocenters. The van der Waals surface area contributed by atoms with Crippen molar-refractivity contribution < 1.29 is 24.5 Å². The summed E-state index contributed by atoms with van der Waals surface area (Å²) in [6, 6.07) is 28.4. The van der Waals surface area contributed by atoms with Gasteiger partial charge in [-0.2, -0.15) is 0 Å². The van der Waals surface area contributed by atoms with Gasteiger partial charge in [-0.15, -0.1) is 0 Å². The van der Waals surface area contributed by atoms with Gasteiger partial charge in [-0.05, 0) is 47.5 Å². The molecule has 0 unspecified atom stereocenters. The first-order valence-electron chi connectivity index (χ1n) is 10.8. The van der Waals surface area contributed by atoms with Crippen molar-refractivity contribution in [1.82, 2.24) is 0 Å². The first-order chi connectivity index (χ1) is 16.6. The molecule has 4 aromatic carbocycles. The molecule has 0 aromatic heterocycles. The van der Waals surface area contributed by atoms with Gasteiger partial charge in [0.25, 0.3) is 0 Å². The van der Waals surface area contributed by atoms with E-state index in [1.807, 2.05) is 60.7 Å². The molecule has 0 aliphatic heterocycles. The predicted molar refractivity (Wildman–Crippen MR) is 131 cm³/mol. The highest BCUT2D eigenvalue weighted by molar-refractivity contribution is 6.08. The Labute approximate surface area is 198 Å². The number of rotatable bonds is 9. The maximum atomic E-state index is 13.0. The summed E-state index contributed by atoms with van der Waals surface area (Å²) in [6.45, 7) is 0.595. The van der Waals surface area contributed by atoms with Crippen LogP contribution in [-0.4, -0.2) is 16.0 Å². The molecule has 0 saturated carbocycles. The highest BCUT2D eigenvalue weighted by Gasteiger charge is 2.12. The van der Waals surface area contributed by atoms with E-state index in [1.54, 1.807) is 12.1 Å². The zero-order chi connectivity index (χ0) is 23.8. The minimum atomic E-state index is -0.287. The van der Waals surface area contributed by atoms with Crippen LogP contribution in [-0.2, 0) is 13.2 Å².